The van der Waals surface area contributed by atoms with Crippen LogP contribution in [0.4, 0.5) is 0 Å². The number of halogens is 1. The Labute approximate surface area is 103 Å². The number of ether oxygens (including phenoxy) is 1. The van der Waals surface area contributed by atoms with Crippen LogP contribution in [0.15, 0.2) is 18.2 Å². The van der Waals surface area contributed by atoms with Crippen LogP contribution in [0.3, 0.4) is 0 Å². The van der Waals surface area contributed by atoms with Crippen molar-refractivity contribution in [3.8, 4) is 5.75 Å². The predicted molar refractivity (Wildman–Crippen MR) is 69.5 cm³/mol. The van der Waals surface area contributed by atoms with Gasteiger partial charge in [0.2, 0.25) is 0 Å². The number of benzene rings is 1. The lowest BCUT2D eigenvalue weighted by molar-refractivity contribution is 0.410. The molecule has 3 heteroatoms. The molecule has 0 fully saturated rings. The highest BCUT2D eigenvalue weighted by Gasteiger charge is 2.20. The van der Waals surface area contributed by atoms with Gasteiger partial charge in [0.1, 0.15) is 5.75 Å². The first-order chi connectivity index (χ1) is 7.51. The van der Waals surface area contributed by atoms with Crippen molar-refractivity contribution in [3.63, 3.8) is 0 Å². The topological polar surface area (TPSA) is 21.3 Å². The number of aryl methyl sites for hydroxylation is 1. The van der Waals surface area contributed by atoms with Crippen molar-refractivity contribution in [3.05, 3.63) is 29.3 Å². The van der Waals surface area contributed by atoms with E-state index in [1.807, 2.05) is 6.07 Å². The number of hydrogen-bond acceptors (Lipinski definition) is 2. The van der Waals surface area contributed by atoms with E-state index in [1.165, 1.54) is 11.1 Å². The zero-order chi connectivity index (χ0) is 12.2. The van der Waals surface area contributed by atoms with E-state index in [4.69, 9.17) is 16.3 Å². The first kappa shape index (κ1) is 13.3. The van der Waals surface area contributed by atoms with Crippen molar-refractivity contribution in [2.24, 2.45) is 0 Å². The zero-order valence-corrected chi connectivity index (χ0v) is 11.2. The van der Waals surface area contributed by atoms with Crippen molar-refractivity contribution in [2.75, 3.05) is 19.7 Å². The highest BCUT2D eigenvalue weighted by molar-refractivity contribution is 6.17. The molecule has 1 N–H and O–H groups in total. The lowest BCUT2D eigenvalue weighted by Crippen LogP contribution is -2.32. The van der Waals surface area contributed by atoms with Gasteiger partial charge in [0.25, 0.3) is 0 Å². The van der Waals surface area contributed by atoms with Gasteiger partial charge in [-0.15, -0.1) is 11.6 Å². The second-order valence-corrected chi connectivity index (χ2v) is 4.90. The molecule has 1 aromatic rings. The molecule has 0 radical (unpaired) electrons. The minimum absolute atomic E-state index is 0.0753. The molecule has 0 saturated heterocycles. The van der Waals surface area contributed by atoms with E-state index < -0.39 is 0 Å². The van der Waals surface area contributed by atoms with Gasteiger partial charge in [-0.25, -0.2) is 0 Å². The second kappa shape index (κ2) is 5.55. The molecular formula is C13H20ClNO. The van der Waals surface area contributed by atoms with Crippen LogP contribution in [0.2, 0.25) is 0 Å². The third kappa shape index (κ3) is 3.13. The second-order valence-electron chi connectivity index (χ2n) is 4.63. The van der Waals surface area contributed by atoms with Crippen LogP contribution in [0.5, 0.6) is 5.75 Å². The fourth-order valence-electron chi connectivity index (χ4n) is 1.76. The van der Waals surface area contributed by atoms with Gasteiger partial charge in [-0.2, -0.15) is 0 Å². The molecule has 0 heterocycles. The summed E-state index contributed by atoms with van der Waals surface area (Å²) in [5, 5.41) is 3.17. The maximum absolute atomic E-state index is 5.64. The lowest BCUT2D eigenvalue weighted by Gasteiger charge is -2.26. The van der Waals surface area contributed by atoms with Crippen LogP contribution in [-0.4, -0.2) is 19.7 Å². The molecular weight excluding hydrogens is 222 g/mol. The molecule has 0 bridgehead atoms. The van der Waals surface area contributed by atoms with Crippen molar-refractivity contribution >= 4 is 11.6 Å². The quantitative estimate of drug-likeness (QED) is 0.632. The van der Waals surface area contributed by atoms with Crippen LogP contribution in [-0.2, 0) is 5.41 Å². The summed E-state index contributed by atoms with van der Waals surface area (Å²) in [5.41, 5.74) is 2.54. The van der Waals surface area contributed by atoms with Gasteiger partial charge in [0.05, 0.1) is 13.1 Å². The summed E-state index contributed by atoms with van der Waals surface area (Å²) < 4.78 is 5.26. The standard InChI is InChI=1S/C13H20ClNO/c1-10-7-11(5-6-12(10)16-4)13(2,3)8-15-9-14/h5-7,15H,8-9H2,1-4H3. The summed E-state index contributed by atoms with van der Waals surface area (Å²) in [6, 6.07) is 6.79. The number of hydrogen-bond donors (Lipinski definition) is 1. The predicted octanol–water partition coefficient (Wildman–Crippen LogP) is 3.07. The average Bonchev–Trinajstić information content (AvgIpc) is 2.26. The van der Waals surface area contributed by atoms with Crippen LogP contribution in [0.1, 0.15) is 25.0 Å². The molecule has 1 rings (SSSR count). The normalized spacial score (nSPS) is 11.6. The van der Waals surface area contributed by atoms with E-state index in [0.29, 0.717) is 6.00 Å². The van der Waals surface area contributed by atoms with Gasteiger partial charge in [-0.3, -0.25) is 0 Å². The Kier molecular flexibility index (Phi) is 4.63. The monoisotopic (exact) mass is 241 g/mol. The molecule has 2 nitrogen and oxygen atoms in total. The molecule has 0 aliphatic heterocycles. The molecule has 0 atom stereocenters. The van der Waals surface area contributed by atoms with Crippen LogP contribution < -0.4 is 10.1 Å². The van der Waals surface area contributed by atoms with E-state index >= 15 is 0 Å². The van der Waals surface area contributed by atoms with Gasteiger partial charge in [-0.1, -0.05) is 26.0 Å². The van der Waals surface area contributed by atoms with Crippen molar-refractivity contribution in [1.82, 2.24) is 5.32 Å². The Morgan fingerprint density at radius 3 is 2.56 bits per heavy atom. The average molecular weight is 242 g/mol. The summed E-state index contributed by atoms with van der Waals surface area (Å²) in [6.07, 6.45) is 0. The summed E-state index contributed by atoms with van der Waals surface area (Å²) in [4.78, 5) is 0. The van der Waals surface area contributed by atoms with E-state index in [-0.39, 0.29) is 5.41 Å². The Morgan fingerprint density at radius 2 is 2.06 bits per heavy atom. The third-order valence-electron chi connectivity index (χ3n) is 2.84. The highest BCUT2D eigenvalue weighted by atomic mass is 35.5. The van der Waals surface area contributed by atoms with E-state index in [1.54, 1.807) is 7.11 Å². The molecule has 0 saturated carbocycles. The summed E-state index contributed by atoms with van der Waals surface area (Å²) in [7, 11) is 1.70. The fourth-order valence-corrected chi connectivity index (χ4v) is 1.86. The number of rotatable bonds is 5. The molecule has 90 valence electrons. The molecule has 16 heavy (non-hydrogen) atoms. The van der Waals surface area contributed by atoms with Crippen molar-refractivity contribution in [2.45, 2.75) is 26.2 Å². The van der Waals surface area contributed by atoms with Crippen LogP contribution >= 0.6 is 11.6 Å². The van der Waals surface area contributed by atoms with Gasteiger partial charge in [0, 0.05) is 12.0 Å². The molecule has 0 amide bonds. The van der Waals surface area contributed by atoms with Gasteiger partial charge >= 0.3 is 0 Å². The zero-order valence-electron chi connectivity index (χ0n) is 10.4. The van der Waals surface area contributed by atoms with Gasteiger partial charge in [-0.05, 0) is 24.1 Å². The Bertz CT molecular complexity index is 350. The summed E-state index contributed by atoms with van der Waals surface area (Å²) in [5.74, 6) is 0.935. The largest absolute Gasteiger partial charge is 0.496 e. The maximum Gasteiger partial charge on any atom is 0.121 e. The number of methoxy groups -OCH3 is 1. The van der Waals surface area contributed by atoms with Crippen LogP contribution in [0.25, 0.3) is 0 Å². The molecule has 0 aliphatic carbocycles. The first-order valence-corrected chi connectivity index (χ1v) is 5.96. The van der Waals surface area contributed by atoms with Crippen LogP contribution in [0, 0.1) is 6.92 Å². The Morgan fingerprint density at radius 1 is 1.38 bits per heavy atom. The highest BCUT2D eigenvalue weighted by Crippen LogP contribution is 2.27. The van der Waals surface area contributed by atoms with Crippen molar-refractivity contribution < 1.29 is 4.74 Å². The maximum atomic E-state index is 5.64. The fraction of sp³-hybridized carbons (Fsp3) is 0.538. The molecule has 0 unspecified atom stereocenters. The number of alkyl halides is 1. The minimum atomic E-state index is 0.0753. The van der Waals surface area contributed by atoms with Gasteiger partial charge < -0.3 is 10.1 Å². The smallest absolute Gasteiger partial charge is 0.121 e. The molecule has 1 aromatic carbocycles. The number of nitrogens with one attached hydrogen (secondary N) is 1. The van der Waals surface area contributed by atoms with Crippen molar-refractivity contribution in [1.29, 1.82) is 0 Å². The minimum Gasteiger partial charge on any atom is -0.496 e. The lowest BCUT2D eigenvalue weighted by atomic mass is 9.84. The Hall–Kier alpha value is -0.730. The van der Waals surface area contributed by atoms with E-state index in [2.05, 4.69) is 38.2 Å². The summed E-state index contributed by atoms with van der Waals surface area (Å²) >= 11 is 5.64. The van der Waals surface area contributed by atoms with E-state index in [9.17, 15) is 0 Å². The van der Waals surface area contributed by atoms with E-state index in [0.717, 1.165) is 12.3 Å². The van der Waals surface area contributed by atoms with Gasteiger partial charge in [0.15, 0.2) is 0 Å². The summed E-state index contributed by atoms with van der Waals surface area (Å²) in [6.45, 7) is 7.33. The Balaban J connectivity index is 2.91. The molecule has 0 aliphatic rings. The molecule has 0 spiro atoms. The first-order valence-electron chi connectivity index (χ1n) is 5.43. The SMILES string of the molecule is COc1ccc(C(C)(C)CNCCl)cc1C. The molecule has 0 aromatic heterocycles. The third-order valence-corrected chi connectivity index (χ3v) is 3.03.